The highest BCUT2D eigenvalue weighted by Gasteiger charge is 2.16. The third-order valence-electron chi connectivity index (χ3n) is 4.78. The highest BCUT2D eigenvalue weighted by atomic mass is 16.1. The number of anilines is 1. The van der Waals surface area contributed by atoms with Crippen LogP contribution in [0.25, 0.3) is 0 Å². The third kappa shape index (κ3) is 4.97. The van der Waals surface area contributed by atoms with E-state index in [2.05, 4.69) is 41.2 Å². The number of pyridine rings is 1. The van der Waals surface area contributed by atoms with E-state index in [1.165, 1.54) is 5.56 Å². The lowest BCUT2D eigenvalue weighted by atomic mass is 10.1. The van der Waals surface area contributed by atoms with Gasteiger partial charge in [0, 0.05) is 18.8 Å². The summed E-state index contributed by atoms with van der Waals surface area (Å²) in [5.41, 5.74) is 3.81. The standard InChI is InChI=1S/C24H27N3O/c1-18(2)27(17-20-10-6-4-7-11-20)23-14-22(15-25-16-23)24(28)26-19(3)21-12-8-5-9-13-21/h4-16,18-19H,17H2,1-3H3,(H,26,28). The summed E-state index contributed by atoms with van der Waals surface area (Å²) in [5.74, 6) is -0.117. The predicted octanol–water partition coefficient (Wildman–Crippen LogP) is 4.99. The molecular weight excluding hydrogens is 346 g/mol. The van der Waals surface area contributed by atoms with E-state index in [4.69, 9.17) is 0 Å². The molecule has 1 aromatic heterocycles. The largest absolute Gasteiger partial charge is 0.364 e. The van der Waals surface area contributed by atoms with Gasteiger partial charge in [0.2, 0.25) is 0 Å². The molecule has 0 aliphatic rings. The van der Waals surface area contributed by atoms with Gasteiger partial charge in [-0.05, 0) is 38.0 Å². The van der Waals surface area contributed by atoms with E-state index in [0.717, 1.165) is 17.8 Å². The van der Waals surface area contributed by atoms with Crippen LogP contribution in [0.4, 0.5) is 5.69 Å². The number of carbonyl (C=O) groups excluding carboxylic acids is 1. The van der Waals surface area contributed by atoms with Crippen molar-refractivity contribution < 1.29 is 4.79 Å². The Kier molecular flexibility index (Phi) is 6.43. The lowest BCUT2D eigenvalue weighted by Gasteiger charge is -2.29. The summed E-state index contributed by atoms with van der Waals surface area (Å²) < 4.78 is 0. The molecule has 3 aromatic rings. The molecule has 1 amide bonds. The van der Waals surface area contributed by atoms with Crippen molar-refractivity contribution in [3.63, 3.8) is 0 Å². The molecule has 0 fully saturated rings. The molecule has 1 N–H and O–H groups in total. The van der Waals surface area contributed by atoms with E-state index in [-0.39, 0.29) is 18.0 Å². The number of amides is 1. The Hall–Kier alpha value is -3.14. The smallest absolute Gasteiger partial charge is 0.253 e. The van der Waals surface area contributed by atoms with Crippen LogP contribution in [0.3, 0.4) is 0 Å². The van der Waals surface area contributed by atoms with E-state index < -0.39 is 0 Å². The quantitative estimate of drug-likeness (QED) is 0.635. The summed E-state index contributed by atoms with van der Waals surface area (Å²) in [6.07, 6.45) is 3.44. The van der Waals surface area contributed by atoms with Crippen LogP contribution in [0.1, 0.15) is 48.3 Å². The van der Waals surface area contributed by atoms with Crippen molar-refractivity contribution >= 4 is 11.6 Å². The minimum Gasteiger partial charge on any atom is -0.364 e. The first-order chi connectivity index (χ1) is 13.5. The van der Waals surface area contributed by atoms with Crippen molar-refractivity contribution in [1.82, 2.24) is 10.3 Å². The molecule has 0 bridgehead atoms. The van der Waals surface area contributed by atoms with Gasteiger partial charge in [-0.3, -0.25) is 9.78 Å². The van der Waals surface area contributed by atoms with Gasteiger partial charge >= 0.3 is 0 Å². The third-order valence-corrected chi connectivity index (χ3v) is 4.78. The minimum absolute atomic E-state index is 0.0668. The molecule has 4 heteroatoms. The zero-order valence-electron chi connectivity index (χ0n) is 16.7. The number of benzene rings is 2. The molecule has 144 valence electrons. The van der Waals surface area contributed by atoms with Gasteiger partial charge in [0.05, 0.1) is 23.5 Å². The average Bonchev–Trinajstić information content (AvgIpc) is 2.73. The first kappa shape index (κ1) is 19.6. The fraction of sp³-hybridized carbons (Fsp3) is 0.250. The van der Waals surface area contributed by atoms with Crippen molar-refractivity contribution in [2.75, 3.05) is 4.90 Å². The van der Waals surface area contributed by atoms with Crippen LogP contribution < -0.4 is 10.2 Å². The lowest BCUT2D eigenvalue weighted by Crippen LogP contribution is -2.31. The molecule has 28 heavy (non-hydrogen) atoms. The molecule has 0 aliphatic heterocycles. The van der Waals surface area contributed by atoms with E-state index in [1.54, 1.807) is 6.20 Å². The number of hydrogen-bond donors (Lipinski definition) is 1. The number of aromatic nitrogens is 1. The maximum atomic E-state index is 12.8. The van der Waals surface area contributed by atoms with Crippen molar-refractivity contribution in [3.05, 3.63) is 95.8 Å². The molecule has 1 heterocycles. The van der Waals surface area contributed by atoms with Crippen molar-refractivity contribution in [2.45, 2.75) is 39.4 Å². The Balaban J connectivity index is 1.77. The molecule has 1 atom stereocenters. The average molecular weight is 374 g/mol. The maximum Gasteiger partial charge on any atom is 0.253 e. The van der Waals surface area contributed by atoms with Crippen LogP contribution in [-0.4, -0.2) is 16.9 Å². The zero-order chi connectivity index (χ0) is 19.9. The van der Waals surface area contributed by atoms with Crippen LogP contribution >= 0.6 is 0 Å². The van der Waals surface area contributed by atoms with Crippen LogP contribution in [0.2, 0.25) is 0 Å². The van der Waals surface area contributed by atoms with E-state index in [9.17, 15) is 4.79 Å². The Morgan fingerprint density at radius 1 is 0.964 bits per heavy atom. The molecule has 0 spiro atoms. The highest BCUT2D eigenvalue weighted by Crippen LogP contribution is 2.21. The van der Waals surface area contributed by atoms with Crippen LogP contribution in [-0.2, 0) is 6.54 Å². The molecule has 0 aliphatic carbocycles. The van der Waals surface area contributed by atoms with Gasteiger partial charge in [-0.1, -0.05) is 60.7 Å². The number of carbonyl (C=O) groups is 1. The summed E-state index contributed by atoms with van der Waals surface area (Å²) in [5, 5.41) is 3.06. The number of nitrogens with zero attached hydrogens (tertiary/aromatic N) is 2. The van der Waals surface area contributed by atoms with Gasteiger partial charge in [-0.25, -0.2) is 0 Å². The Bertz CT molecular complexity index is 894. The molecular formula is C24H27N3O. The number of nitrogens with one attached hydrogen (secondary N) is 1. The number of rotatable bonds is 7. The first-order valence-electron chi connectivity index (χ1n) is 9.66. The summed E-state index contributed by atoms with van der Waals surface area (Å²) >= 11 is 0. The second-order valence-corrected chi connectivity index (χ2v) is 7.24. The molecule has 0 radical (unpaired) electrons. The Morgan fingerprint density at radius 3 is 2.25 bits per heavy atom. The summed E-state index contributed by atoms with van der Waals surface area (Å²) in [6, 6.07) is 22.4. The first-order valence-corrected chi connectivity index (χ1v) is 9.66. The van der Waals surface area contributed by atoms with Gasteiger partial charge < -0.3 is 10.2 Å². The van der Waals surface area contributed by atoms with Crippen LogP contribution in [0, 0.1) is 0 Å². The SMILES string of the molecule is CC(NC(=O)c1cncc(N(Cc2ccccc2)C(C)C)c1)c1ccccc1. The summed E-state index contributed by atoms with van der Waals surface area (Å²) in [4.78, 5) is 19.3. The van der Waals surface area contributed by atoms with Crippen molar-refractivity contribution in [1.29, 1.82) is 0 Å². The molecule has 0 saturated carbocycles. The van der Waals surface area contributed by atoms with Crippen molar-refractivity contribution in [2.24, 2.45) is 0 Å². The fourth-order valence-corrected chi connectivity index (χ4v) is 3.17. The van der Waals surface area contributed by atoms with E-state index >= 15 is 0 Å². The van der Waals surface area contributed by atoms with E-state index in [0.29, 0.717) is 5.56 Å². The minimum atomic E-state index is -0.117. The second-order valence-electron chi connectivity index (χ2n) is 7.24. The molecule has 0 saturated heterocycles. The van der Waals surface area contributed by atoms with Crippen molar-refractivity contribution in [3.8, 4) is 0 Å². The summed E-state index contributed by atoms with van der Waals surface area (Å²) in [6.45, 7) is 7.05. The molecule has 4 nitrogen and oxygen atoms in total. The molecule has 3 rings (SSSR count). The second kappa shape index (κ2) is 9.18. The normalized spacial score (nSPS) is 11.9. The van der Waals surface area contributed by atoms with Gasteiger partial charge in [-0.2, -0.15) is 0 Å². The maximum absolute atomic E-state index is 12.8. The summed E-state index contributed by atoms with van der Waals surface area (Å²) in [7, 11) is 0. The lowest BCUT2D eigenvalue weighted by molar-refractivity contribution is 0.0939. The van der Waals surface area contributed by atoms with Gasteiger partial charge in [0.25, 0.3) is 5.91 Å². The monoisotopic (exact) mass is 373 g/mol. The highest BCUT2D eigenvalue weighted by molar-refractivity contribution is 5.95. The number of hydrogen-bond acceptors (Lipinski definition) is 3. The Morgan fingerprint density at radius 2 is 1.61 bits per heavy atom. The van der Waals surface area contributed by atoms with E-state index in [1.807, 2.05) is 67.7 Å². The van der Waals surface area contributed by atoms with Crippen LogP contribution in [0.5, 0.6) is 0 Å². The van der Waals surface area contributed by atoms with Gasteiger partial charge in [0.15, 0.2) is 0 Å². The molecule has 1 unspecified atom stereocenters. The van der Waals surface area contributed by atoms with Gasteiger partial charge in [0.1, 0.15) is 0 Å². The topological polar surface area (TPSA) is 45.2 Å². The molecule has 2 aromatic carbocycles. The van der Waals surface area contributed by atoms with Crippen LogP contribution in [0.15, 0.2) is 79.1 Å². The van der Waals surface area contributed by atoms with Gasteiger partial charge in [-0.15, -0.1) is 0 Å². The predicted molar refractivity (Wildman–Crippen MR) is 114 cm³/mol. The zero-order valence-corrected chi connectivity index (χ0v) is 16.7. The fourth-order valence-electron chi connectivity index (χ4n) is 3.17. The Labute approximate surface area is 167 Å².